The minimum absolute atomic E-state index is 0.0847. The van der Waals surface area contributed by atoms with E-state index >= 15 is 0 Å². The van der Waals surface area contributed by atoms with E-state index < -0.39 is 114 Å². The van der Waals surface area contributed by atoms with Gasteiger partial charge in [0.25, 0.3) is 5.56 Å². The van der Waals surface area contributed by atoms with Crippen LogP contribution in [0.25, 0.3) is 0 Å². The number of hydrogen-bond acceptors (Lipinski definition) is 20. The van der Waals surface area contributed by atoms with Gasteiger partial charge in [-0.05, 0) is 158 Å². The summed E-state index contributed by atoms with van der Waals surface area (Å²) >= 11 is 0. The highest BCUT2D eigenvalue weighted by Gasteiger charge is 2.72. The highest BCUT2D eigenvalue weighted by atomic mass is 16.5. The number of aliphatic hydroxyl groups excluding tert-OH is 11. The topological polar surface area (TPSA) is 412 Å². The van der Waals surface area contributed by atoms with Gasteiger partial charge < -0.3 is 86.5 Å². The molecule has 0 spiro atoms. The molecule has 1 aromatic heterocycles. The third-order valence-electron chi connectivity index (χ3n) is 20.8. The van der Waals surface area contributed by atoms with Gasteiger partial charge in [-0.25, -0.2) is 4.79 Å². The van der Waals surface area contributed by atoms with E-state index in [4.69, 9.17) is 55.4 Å². The first-order valence-corrected chi connectivity index (χ1v) is 29.5. The van der Waals surface area contributed by atoms with Gasteiger partial charge in [-0.15, -0.1) is 0 Å². The first-order chi connectivity index (χ1) is 39.0. The molecule has 0 aromatic carbocycles. The summed E-state index contributed by atoms with van der Waals surface area (Å²) < 4.78 is 12.7. The number of hydrogen-bond donors (Lipinski definition) is 16. The van der Waals surface area contributed by atoms with Crippen LogP contribution in [0.2, 0.25) is 0 Å². The van der Waals surface area contributed by atoms with Crippen LogP contribution in [0.3, 0.4) is 0 Å². The van der Waals surface area contributed by atoms with Gasteiger partial charge in [0.15, 0.2) is 6.23 Å². The number of carbonyl (C=O) groups excluding carboxylic acids is 1. The van der Waals surface area contributed by atoms with Crippen molar-refractivity contribution in [3.05, 3.63) is 56.9 Å². The van der Waals surface area contributed by atoms with Gasteiger partial charge in [-0.1, -0.05) is 52.8 Å². The molecule has 5 saturated carbocycles. The number of aromatic amines is 1. The van der Waals surface area contributed by atoms with Gasteiger partial charge in [0.05, 0.1) is 49.3 Å². The fourth-order valence-corrected chi connectivity index (χ4v) is 15.6. The zero-order valence-corrected chi connectivity index (χ0v) is 51.1. The molecular formula is C60H102N4O20. The number of aryl methyl sites for hydroxylation is 1. The number of allylic oxidation sites excluding steroid dienone is 1. The molecule has 482 valence electrons. The first-order valence-electron chi connectivity index (χ1n) is 29.5. The van der Waals surface area contributed by atoms with Crippen LogP contribution in [-0.2, 0) is 23.9 Å². The molecule has 0 bridgehead atoms. The van der Waals surface area contributed by atoms with Crippen molar-refractivity contribution >= 4 is 17.9 Å². The summed E-state index contributed by atoms with van der Waals surface area (Å²) in [5, 5.41) is 124. The van der Waals surface area contributed by atoms with Crippen molar-refractivity contribution < 1.29 is 90.2 Å². The van der Waals surface area contributed by atoms with Crippen LogP contribution < -0.4 is 21.9 Å². The average Bonchev–Trinajstić information content (AvgIpc) is 1.03. The molecule has 5 fully saturated rings. The molecule has 7 rings (SSSR count). The van der Waals surface area contributed by atoms with Crippen LogP contribution in [0, 0.1) is 69.0 Å². The fourth-order valence-electron chi connectivity index (χ4n) is 15.6. The molecule has 84 heavy (non-hydrogen) atoms. The quantitative estimate of drug-likeness (QED) is 0.0631. The lowest BCUT2D eigenvalue weighted by Gasteiger charge is -2.72. The molecule has 2 heterocycles. The Morgan fingerprint density at radius 1 is 0.750 bits per heavy atom. The number of aromatic nitrogens is 2. The van der Waals surface area contributed by atoms with Crippen molar-refractivity contribution in [3.63, 3.8) is 0 Å². The monoisotopic (exact) mass is 1200 g/mol. The number of carboxylic acids is 2. The molecule has 1 aromatic rings. The van der Waals surface area contributed by atoms with Crippen LogP contribution in [0.4, 0.5) is 0 Å². The lowest BCUT2D eigenvalue weighted by molar-refractivity contribution is -0.250. The van der Waals surface area contributed by atoms with Crippen LogP contribution in [0.15, 0.2) is 40.1 Å². The molecule has 6 aliphatic rings. The van der Waals surface area contributed by atoms with Crippen molar-refractivity contribution in [2.75, 3.05) is 47.0 Å². The van der Waals surface area contributed by atoms with E-state index in [1.54, 1.807) is 47.0 Å². The molecule has 24 nitrogen and oxygen atoms in total. The number of ether oxygens (including phenoxy) is 2. The minimum Gasteiger partial charge on any atom is -0.481 e. The zero-order valence-electron chi connectivity index (χ0n) is 51.1. The molecule has 20 atom stereocenters. The predicted octanol–water partition coefficient (Wildman–Crippen LogP) is 0.716. The van der Waals surface area contributed by atoms with E-state index in [1.165, 1.54) is 10.8 Å². The van der Waals surface area contributed by atoms with Crippen LogP contribution in [-0.4, -0.2) is 202 Å². The first kappa shape index (κ1) is 72.5. The number of carbonyl (C=O) groups is 3. The fraction of sp³-hybridized carbons (Fsp3) is 0.817. The SMILES string of the molecule is C=C(C)[C@@H]1CC[C@]2(C(=O)O)CC[C@]3(C)[C@H](CC[C@@H]4[C@@]5(C)CC[C@H](OC(=O)CC(C)(C)C(=O)O)C(C)(C)[C@@H]5CC[C@]43C)[C@@H]12.CNC[C@H](O)[C@@H](O)[C@H](O)[C@H](O)CO.CNC[C@H](O)[C@@H](O)[C@H](O)[C@H](O)CO.Cc1cn([C@H]2C=C[C@@H](CO)O2)c(=O)[nH]c1=O. The summed E-state index contributed by atoms with van der Waals surface area (Å²) in [7, 11) is 3.15. The molecule has 0 amide bonds. The van der Waals surface area contributed by atoms with Crippen molar-refractivity contribution in [2.45, 2.75) is 200 Å². The van der Waals surface area contributed by atoms with Gasteiger partial charge in [-0.2, -0.15) is 0 Å². The lowest BCUT2D eigenvalue weighted by atomic mass is 9.32. The van der Waals surface area contributed by atoms with Gasteiger partial charge >= 0.3 is 23.6 Å². The Hall–Kier alpha value is -3.99. The number of aliphatic hydroxyl groups is 11. The van der Waals surface area contributed by atoms with Crippen LogP contribution in [0.5, 0.6) is 0 Å². The third-order valence-corrected chi connectivity index (χ3v) is 20.8. The molecule has 0 radical (unpaired) electrons. The molecule has 5 aliphatic carbocycles. The summed E-state index contributed by atoms with van der Waals surface area (Å²) in [5.74, 6) is -0.165. The molecular weight excluding hydrogens is 1100 g/mol. The van der Waals surface area contributed by atoms with Gasteiger partial charge in [0, 0.05) is 30.3 Å². The summed E-state index contributed by atoms with van der Waals surface area (Å²) in [6, 6.07) is 0. The van der Waals surface area contributed by atoms with Gasteiger partial charge in [-0.3, -0.25) is 28.7 Å². The maximum atomic E-state index is 12.9. The highest BCUT2D eigenvalue weighted by Crippen LogP contribution is 2.77. The number of fused-ring (bicyclic) bond motifs is 7. The zero-order chi connectivity index (χ0) is 63.8. The summed E-state index contributed by atoms with van der Waals surface area (Å²) in [6.07, 6.45) is 1.90. The number of H-pyrrole nitrogens is 1. The average molecular weight is 1200 g/mol. The second-order valence-electron chi connectivity index (χ2n) is 26.7. The number of likely N-dealkylation sites (N-methyl/N-ethyl adjacent to an activating group) is 2. The lowest BCUT2D eigenvalue weighted by Crippen LogP contribution is -2.67. The number of aliphatic carboxylic acids is 2. The Morgan fingerprint density at radius 3 is 1.77 bits per heavy atom. The summed E-state index contributed by atoms with van der Waals surface area (Å²) in [5.41, 5.74) is -0.967. The predicted molar refractivity (Wildman–Crippen MR) is 309 cm³/mol. The van der Waals surface area contributed by atoms with Gasteiger partial charge in [0.2, 0.25) is 0 Å². The molecule has 1 aliphatic heterocycles. The van der Waals surface area contributed by atoms with Crippen molar-refractivity contribution in [1.29, 1.82) is 0 Å². The molecule has 24 heteroatoms. The molecule has 0 unspecified atom stereocenters. The molecule has 0 saturated heterocycles. The van der Waals surface area contributed by atoms with E-state index in [9.17, 15) is 44.4 Å². The number of esters is 1. The highest BCUT2D eigenvalue weighted by molar-refractivity contribution is 5.81. The number of carboxylic acid groups (broad SMARTS) is 2. The Labute approximate surface area is 493 Å². The Bertz CT molecular complexity index is 2490. The normalized spacial score (nSPS) is 33.9. The van der Waals surface area contributed by atoms with Crippen molar-refractivity contribution in [3.8, 4) is 0 Å². The van der Waals surface area contributed by atoms with Crippen molar-refractivity contribution in [2.24, 2.45) is 62.1 Å². The Kier molecular flexibility index (Phi) is 25.3. The number of nitrogens with zero attached hydrogens (tertiary/aromatic N) is 1. The van der Waals surface area contributed by atoms with E-state index in [0.29, 0.717) is 29.2 Å². The largest absolute Gasteiger partial charge is 0.481 e. The number of rotatable bonds is 20. The van der Waals surface area contributed by atoms with E-state index in [1.807, 2.05) is 0 Å². The minimum atomic E-state index is -1.55. The third kappa shape index (κ3) is 15.1. The standard InChI is InChI=1S/C36H56O6.C10H12N2O4.2C7H17NO5/c1-21(2)22-12-17-36(30(40)41)19-18-34(8)23(28(22)36)10-11-25-33(7)15-14-26(42-27(37)20-31(3,4)29(38)39)32(5,6)24(33)13-16-35(25,34)9;1-6-4-12(10(15)11-9(6)14)8-3-2-7(5-13)16-8;2*1-8-2-4(10)6(12)7(13)5(11)3-9/h22-26,28H,1,10-20H2,2-9H3,(H,38,39)(H,40,41);2-4,7-8,13H,5H2,1H3,(H,11,14,15);2*4-13H,2-3H2,1H3/t22-,23+,24-,25+,26-,28+,33-,34+,35+,36-;7-,8+;2*4-,5+,6+,7+/m0000/s1. The maximum absolute atomic E-state index is 12.9. The second-order valence-corrected chi connectivity index (χ2v) is 26.7. The van der Waals surface area contributed by atoms with Crippen LogP contribution >= 0.6 is 0 Å². The molecule has 16 N–H and O–H groups in total. The second kappa shape index (κ2) is 29.3. The van der Waals surface area contributed by atoms with Crippen LogP contribution in [0.1, 0.15) is 138 Å². The van der Waals surface area contributed by atoms with E-state index in [2.05, 4.69) is 63.7 Å². The summed E-state index contributed by atoms with van der Waals surface area (Å²) in [6.45, 7) is 22.1. The van der Waals surface area contributed by atoms with Gasteiger partial charge in [0.1, 0.15) is 48.8 Å². The maximum Gasteiger partial charge on any atom is 0.330 e. The summed E-state index contributed by atoms with van der Waals surface area (Å²) in [4.78, 5) is 62.3. The van der Waals surface area contributed by atoms with E-state index in [0.717, 1.165) is 69.8 Å². The van der Waals surface area contributed by atoms with Crippen molar-refractivity contribution in [1.82, 2.24) is 20.2 Å². The van der Waals surface area contributed by atoms with E-state index in [-0.39, 0.29) is 59.8 Å². The number of nitrogens with one attached hydrogen (secondary N) is 3. The Morgan fingerprint density at radius 2 is 1.30 bits per heavy atom. The Balaban J connectivity index is 0.000000293. The smallest absolute Gasteiger partial charge is 0.330 e.